The number of halogens is 3. The number of hydrogen-bond acceptors (Lipinski definition) is 3. The summed E-state index contributed by atoms with van der Waals surface area (Å²) < 4.78 is 41.0. The summed E-state index contributed by atoms with van der Waals surface area (Å²) in [6, 6.07) is 11.0. The molecule has 20 heavy (non-hydrogen) atoms. The summed E-state index contributed by atoms with van der Waals surface area (Å²) in [5.74, 6) is -0.290. The Bertz CT molecular complexity index is 612. The van der Waals surface area contributed by atoms with Gasteiger partial charge in [-0.1, -0.05) is 18.2 Å². The summed E-state index contributed by atoms with van der Waals surface area (Å²) in [4.78, 5) is 0. The number of alkyl halides is 3. The van der Waals surface area contributed by atoms with E-state index in [-0.39, 0.29) is 11.4 Å². The fraction of sp³-hybridized carbons (Fsp3) is 0.143. The fourth-order valence-electron chi connectivity index (χ4n) is 1.72. The summed E-state index contributed by atoms with van der Waals surface area (Å²) in [6.07, 6.45) is -4.73. The van der Waals surface area contributed by atoms with Crippen molar-refractivity contribution in [3.05, 3.63) is 48.0 Å². The second-order valence-electron chi connectivity index (χ2n) is 4.19. The number of hydrogen-bond donors (Lipinski definition) is 2. The zero-order valence-corrected chi connectivity index (χ0v) is 10.7. The van der Waals surface area contributed by atoms with E-state index in [1.807, 2.05) is 0 Å². The number of nitrogens with two attached hydrogens (primary N) is 1. The van der Waals surface area contributed by atoms with Crippen LogP contribution >= 0.6 is 0 Å². The minimum atomic E-state index is -4.73. The lowest BCUT2D eigenvalue weighted by molar-refractivity contribution is -0.274. The van der Waals surface area contributed by atoms with Crippen molar-refractivity contribution < 1.29 is 17.9 Å². The van der Waals surface area contributed by atoms with Crippen molar-refractivity contribution in [3.8, 4) is 5.75 Å². The molecule has 2 rings (SSSR count). The zero-order chi connectivity index (χ0) is 14.8. The van der Waals surface area contributed by atoms with Crippen molar-refractivity contribution in [1.82, 2.24) is 0 Å². The highest BCUT2D eigenvalue weighted by molar-refractivity contribution is 5.72. The number of benzene rings is 2. The molecule has 3 nitrogen and oxygen atoms in total. The highest BCUT2D eigenvalue weighted by Gasteiger charge is 2.32. The van der Waals surface area contributed by atoms with E-state index in [2.05, 4.69) is 10.1 Å². The van der Waals surface area contributed by atoms with E-state index in [0.717, 1.165) is 5.56 Å². The lowest BCUT2D eigenvalue weighted by atomic mass is 10.1. The van der Waals surface area contributed by atoms with Gasteiger partial charge in [-0.3, -0.25) is 0 Å². The van der Waals surface area contributed by atoms with Crippen molar-refractivity contribution in [2.24, 2.45) is 0 Å². The monoisotopic (exact) mass is 282 g/mol. The van der Waals surface area contributed by atoms with E-state index in [1.54, 1.807) is 31.2 Å². The maximum absolute atomic E-state index is 12.3. The van der Waals surface area contributed by atoms with Crippen LogP contribution in [0.1, 0.15) is 5.56 Å². The third-order valence-electron chi connectivity index (χ3n) is 2.76. The number of anilines is 3. The highest BCUT2D eigenvalue weighted by Crippen LogP contribution is 2.33. The van der Waals surface area contributed by atoms with Crippen molar-refractivity contribution in [2.75, 3.05) is 11.1 Å². The van der Waals surface area contributed by atoms with Gasteiger partial charge in [0.2, 0.25) is 0 Å². The fourth-order valence-corrected chi connectivity index (χ4v) is 1.72. The average Bonchev–Trinajstić information content (AvgIpc) is 2.35. The molecular weight excluding hydrogens is 269 g/mol. The molecule has 0 aliphatic carbocycles. The Balaban J connectivity index is 2.32. The molecule has 6 heteroatoms. The molecular formula is C14H13F3N2O. The predicted molar refractivity (Wildman–Crippen MR) is 72.0 cm³/mol. The third kappa shape index (κ3) is 3.34. The Morgan fingerprint density at radius 2 is 1.65 bits per heavy atom. The van der Waals surface area contributed by atoms with Gasteiger partial charge in [0, 0.05) is 11.4 Å². The second-order valence-corrected chi connectivity index (χ2v) is 4.19. The molecule has 106 valence electrons. The Morgan fingerprint density at radius 1 is 1.00 bits per heavy atom. The van der Waals surface area contributed by atoms with E-state index in [4.69, 9.17) is 5.73 Å². The molecule has 0 aliphatic rings. The van der Waals surface area contributed by atoms with Crippen LogP contribution in [0, 0.1) is 6.92 Å². The van der Waals surface area contributed by atoms with Gasteiger partial charge in [-0.25, -0.2) is 0 Å². The van der Waals surface area contributed by atoms with E-state index < -0.39 is 6.36 Å². The van der Waals surface area contributed by atoms with Gasteiger partial charge in [-0.2, -0.15) is 0 Å². The Kier molecular flexibility index (Phi) is 3.74. The molecule has 2 aromatic carbocycles. The van der Waals surface area contributed by atoms with Crippen LogP contribution in [-0.2, 0) is 0 Å². The number of rotatable bonds is 3. The Hall–Kier alpha value is -2.37. The number of ether oxygens (including phenoxy) is 1. The Labute approximate surface area is 114 Å². The molecule has 3 N–H and O–H groups in total. The quantitative estimate of drug-likeness (QED) is 0.829. The molecule has 0 amide bonds. The first-order valence-corrected chi connectivity index (χ1v) is 5.84. The van der Waals surface area contributed by atoms with Gasteiger partial charge >= 0.3 is 6.36 Å². The molecule has 0 saturated carbocycles. The van der Waals surface area contributed by atoms with E-state index in [1.165, 1.54) is 18.2 Å². The lowest BCUT2D eigenvalue weighted by Gasteiger charge is -2.16. The molecule has 0 saturated heterocycles. The van der Waals surface area contributed by atoms with Crippen molar-refractivity contribution in [1.29, 1.82) is 0 Å². The summed E-state index contributed by atoms with van der Waals surface area (Å²) in [6.45, 7) is 1.78. The van der Waals surface area contributed by atoms with Gasteiger partial charge in [0.15, 0.2) is 5.75 Å². The molecule has 0 aromatic heterocycles. The summed E-state index contributed by atoms with van der Waals surface area (Å²) in [7, 11) is 0. The van der Waals surface area contributed by atoms with Crippen LogP contribution in [0.5, 0.6) is 5.75 Å². The number of nitrogen functional groups attached to an aromatic ring is 1. The highest BCUT2D eigenvalue weighted by atomic mass is 19.4. The number of para-hydroxylation sites is 2. The normalized spacial score (nSPS) is 11.2. The van der Waals surface area contributed by atoms with Gasteiger partial charge in [0.25, 0.3) is 0 Å². The standard InChI is InChI=1S/C14H13F3N2O/c1-9-10(18)5-4-7-11(9)19-12-6-2-3-8-13(12)20-14(15,16)17/h2-8,19H,18H2,1H3. The molecule has 0 spiro atoms. The Morgan fingerprint density at radius 3 is 2.35 bits per heavy atom. The van der Waals surface area contributed by atoms with Gasteiger partial charge < -0.3 is 15.8 Å². The van der Waals surface area contributed by atoms with Crippen LogP contribution in [0.25, 0.3) is 0 Å². The molecule has 0 radical (unpaired) electrons. The van der Waals surface area contributed by atoms with Crippen molar-refractivity contribution in [3.63, 3.8) is 0 Å². The molecule has 0 fully saturated rings. The van der Waals surface area contributed by atoms with Gasteiger partial charge in [0.05, 0.1) is 5.69 Å². The summed E-state index contributed by atoms with van der Waals surface area (Å²) in [5, 5.41) is 2.90. The topological polar surface area (TPSA) is 47.3 Å². The molecule has 0 unspecified atom stereocenters. The van der Waals surface area contributed by atoms with Crippen molar-refractivity contribution >= 4 is 17.1 Å². The predicted octanol–water partition coefficient (Wildman–Crippen LogP) is 4.22. The van der Waals surface area contributed by atoms with Crippen LogP contribution in [0.3, 0.4) is 0 Å². The minimum absolute atomic E-state index is 0.221. The summed E-state index contributed by atoms with van der Waals surface area (Å²) >= 11 is 0. The van der Waals surface area contributed by atoms with Crippen LogP contribution in [0.2, 0.25) is 0 Å². The van der Waals surface area contributed by atoms with Crippen LogP contribution < -0.4 is 15.8 Å². The average molecular weight is 282 g/mol. The number of nitrogens with one attached hydrogen (secondary N) is 1. The smallest absolute Gasteiger partial charge is 0.404 e. The molecule has 0 aliphatic heterocycles. The molecule has 2 aromatic rings. The lowest BCUT2D eigenvalue weighted by Crippen LogP contribution is -2.17. The van der Waals surface area contributed by atoms with Gasteiger partial charge in [-0.05, 0) is 36.8 Å². The summed E-state index contributed by atoms with van der Waals surface area (Å²) in [5.41, 5.74) is 7.93. The van der Waals surface area contributed by atoms with Crippen LogP contribution in [-0.4, -0.2) is 6.36 Å². The second kappa shape index (κ2) is 5.32. The van der Waals surface area contributed by atoms with E-state index in [9.17, 15) is 13.2 Å². The largest absolute Gasteiger partial charge is 0.573 e. The van der Waals surface area contributed by atoms with Crippen LogP contribution in [0.15, 0.2) is 42.5 Å². The van der Waals surface area contributed by atoms with E-state index >= 15 is 0 Å². The maximum Gasteiger partial charge on any atom is 0.573 e. The zero-order valence-electron chi connectivity index (χ0n) is 10.7. The first-order valence-electron chi connectivity index (χ1n) is 5.84. The first-order chi connectivity index (χ1) is 9.37. The van der Waals surface area contributed by atoms with Crippen molar-refractivity contribution in [2.45, 2.75) is 13.3 Å². The molecule has 0 heterocycles. The molecule has 0 bridgehead atoms. The minimum Gasteiger partial charge on any atom is -0.404 e. The third-order valence-corrected chi connectivity index (χ3v) is 2.76. The van der Waals surface area contributed by atoms with E-state index in [0.29, 0.717) is 11.4 Å². The maximum atomic E-state index is 12.3. The van der Waals surface area contributed by atoms with Crippen LogP contribution in [0.4, 0.5) is 30.2 Å². The van der Waals surface area contributed by atoms with Gasteiger partial charge in [0.1, 0.15) is 0 Å². The SMILES string of the molecule is Cc1c(N)cccc1Nc1ccccc1OC(F)(F)F. The van der Waals surface area contributed by atoms with Gasteiger partial charge in [-0.15, -0.1) is 13.2 Å². The first kappa shape index (κ1) is 14.0. The molecule has 0 atom stereocenters.